The third-order valence-corrected chi connectivity index (χ3v) is 5.51. The number of rotatable bonds is 4. The summed E-state index contributed by atoms with van der Waals surface area (Å²) in [6.07, 6.45) is 3.78. The second-order valence-electron chi connectivity index (χ2n) is 6.87. The van der Waals surface area contributed by atoms with Gasteiger partial charge in [0, 0.05) is 23.5 Å². The molecule has 136 valence electrons. The number of carbonyl (C=O) groups excluding carboxylic acids is 2. The molecule has 2 amide bonds. The van der Waals surface area contributed by atoms with E-state index in [1.165, 1.54) is 0 Å². The summed E-state index contributed by atoms with van der Waals surface area (Å²) in [4.78, 5) is 28.4. The molecule has 1 fully saturated rings. The number of carbonyl (C=O) groups is 2. The number of nitrogens with zero attached hydrogens (tertiary/aromatic N) is 1. The number of nitrogens with one attached hydrogen (secondary N) is 1. The number of amides is 2. The molecule has 0 saturated carbocycles. The molecule has 1 N–H and O–H groups in total. The lowest BCUT2D eigenvalue weighted by Crippen LogP contribution is -2.42. The van der Waals surface area contributed by atoms with E-state index in [2.05, 4.69) is 12.2 Å². The number of hydrogen-bond donors (Lipinski definition) is 1. The molecule has 2 heterocycles. The first-order valence-electron chi connectivity index (χ1n) is 8.95. The highest BCUT2D eigenvalue weighted by atomic mass is 32.1. The van der Waals surface area contributed by atoms with Gasteiger partial charge in [0.2, 0.25) is 0 Å². The summed E-state index contributed by atoms with van der Waals surface area (Å²) in [6.45, 7) is 5.67. The number of benzene rings is 1. The molecule has 0 aliphatic carbocycles. The zero-order chi connectivity index (χ0) is 18.5. The molecule has 0 bridgehead atoms. The van der Waals surface area contributed by atoms with Gasteiger partial charge in [-0.25, -0.2) is 0 Å². The molecule has 1 aliphatic rings. The third kappa shape index (κ3) is 4.61. The van der Waals surface area contributed by atoms with Crippen LogP contribution in [-0.4, -0.2) is 29.8 Å². The van der Waals surface area contributed by atoms with Gasteiger partial charge in [0.15, 0.2) is 0 Å². The Hall–Kier alpha value is -2.40. The van der Waals surface area contributed by atoms with Crippen molar-refractivity contribution in [2.45, 2.75) is 26.7 Å². The number of hydrogen-bond acceptors (Lipinski definition) is 3. The van der Waals surface area contributed by atoms with Crippen LogP contribution >= 0.6 is 11.3 Å². The second kappa shape index (κ2) is 8.32. The minimum Gasteiger partial charge on any atom is -0.337 e. The van der Waals surface area contributed by atoms with E-state index in [4.69, 9.17) is 0 Å². The normalized spacial score (nSPS) is 15.8. The van der Waals surface area contributed by atoms with Gasteiger partial charge in [-0.3, -0.25) is 9.59 Å². The standard InChI is InChI=1S/C21H24N2O2S/c1-15-5-7-17(8-6-15)20(24)22-19(14-18-4-3-13-26-18)21(25)23-11-9-16(2)10-12-23/h3-8,13-14,16H,9-12H2,1-2H3,(H,22,24)/b19-14-. The van der Waals surface area contributed by atoms with Gasteiger partial charge in [-0.1, -0.05) is 30.7 Å². The highest BCUT2D eigenvalue weighted by Gasteiger charge is 2.24. The first-order valence-corrected chi connectivity index (χ1v) is 9.83. The van der Waals surface area contributed by atoms with Gasteiger partial charge in [-0.15, -0.1) is 11.3 Å². The third-order valence-electron chi connectivity index (χ3n) is 4.69. The second-order valence-corrected chi connectivity index (χ2v) is 7.85. The summed E-state index contributed by atoms with van der Waals surface area (Å²) in [5.74, 6) is 0.281. The molecule has 5 heteroatoms. The van der Waals surface area contributed by atoms with Crippen LogP contribution in [0.15, 0.2) is 47.5 Å². The largest absolute Gasteiger partial charge is 0.337 e. The Morgan fingerprint density at radius 1 is 1.15 bits per heavy atom. The molecule has 1 aliphatic heterocycles. The molecule has 4 nitrogen and oxygen atoms in total. The lowest BCUT2D eigenvalue weighted by molar-refractivity contribution is -0.128. The molecule has 0 atom stereocenters. The van der Waals surface area contributed by atoms with E-state index in [9.17, 15) is 9.59 Å². The first kappa shape index (κ1) is 18.4. The average molecular weight is 369 g/mol. The van der Waals surface area contributed by atoms with Crippen LogP contribution in [0.2, 0.25) is 0 Å². The van der Waals surface area contributed by atoms with Gasteiger partial charge in [-0.05, 0) is 55.3 Å². The number of likely N-dealkylation sites (tertiary alicyclic amines) is 1. The van der Waals surface area contributed by atoms with Crippen molar-refractivity contribution in [3.63, 3.8) is 0 Å². The number of aryl methyl sites for hydroxylation is 1. The van der Waals surface area contributed by atoms with Crippen LogP contribution in [0.3, 0.4) is 0 Å². The molecule has 1 aromatic heterocycles. The Balaban J connectivity index is 1.80. The maximum absolute atomic E-state index is 13.0. The summed E-state index contributed by atoms with van der Waals surface area (Å²) in [5, 5.41) is 4.79. The van der Waals surface area contributed by atoms with E-state index in [0.717, 1.165) is 36.4 Å². The fourth-order valence-electron chi connectivity index (χ4n) is 2.95. The molecule has 3 rings (SSSR count). The van der Waals surface area contributed by atoms with E-state index in [-0.39, 0.29) is 11.8 Å². The molecular formula is C21H24N2O2S. The minimum atomic E-state index is -0.258. The zero-order valence-corrected chi connectivity index (χ0v) is 16.0. The Kier molecular flexibility index (Phi) is 5.89. The number of thiophene rings is 1. The van der Waals surface area contributed by atoms with E-state index >= 15 is 0 Å². The molecule has 0 radical (unpaired) electrons. The topological polar surface area (TPSA) is 49.4 Å². The van der Waals surface area contributed by atoms with Gasteiger partial charge < -0.3 is 10.2 Å². The summed E-state index contributed by atoms with van der Waals surface area (Å²) in [7, 11) is 0. The maximum Gasteiger partial charge on any atom is 0.270 e. The van der Waals surface area contributed by atoms with Crippen LogP contribution in [-0.2, 0) is 4.79 Å². The quantitative estimate of drug-likeness (QED) is 0.827. The van der Waals surface area contributed by atoms with Crippen LogP contribution < -0.4 is 5.32 Å². The van der Waals surface area contributed by atoms with Crippen molar-refractivity contribution in [3.05, 3.63) is 63.5 Å². The van der Waals surface area contributed by atoms with E-state index in [0.29, 0.717) is 17.2 Å². The van der Waals surface area contributed by atoms with Crippen molar-refractivity contribution in [3.8, 4) is 0 Å². The van der Waals surface area contributed by atoms with Crippen molar-refractivity contribution < 1.29 is 9.59 Å². The monoisotopic (exact) mass is 368 g/mol. The van der Waals surface area contributed by atoms with Crippen LogP contribution in [0.4, 0.5) is 0 Å². The Bertz CT molecular complexity index is 786. The fourth-order valence-corrected chi connectivity index (χ4v) is 3.61. The van der Waals surface area contributed by atoms with Crippen molar-refractivity contribution in [2.75, 3.05) is 13.1 Å². The molecule has 1 saturated heterocycles. The van der Waals surface area contributed by atoms with Crippen molar-refractivity contribution >= 4 is 29.2 Å². The molecule has 1 aromatic carbocycles. The van der Waals surface area contributed by atoms with Gasteiger partial charge in [0.1, 0.15) is 5.70 Å². The van der Waals surface area contributed by atoms with Crippen LogP contribution in [0.1, 0.15) is 40.6 Å². The maximum atomic E-state index is 13.0. The van der Waals surface area contributed by atoms with Gasteiger partial charge in [0.05, 0.1) is 0 Å². The molecule has 26 heavy (non-hydrogen) atoms. The van der Waals surface area contributed by atoms with E-state index in [1.807, 2.05) is 41.5 Å². The molecule has 0 unspecified atom stereocenters. The Labute approximate surface area is 158 Å². The highest BCUT2D eigenvalue weighted by molar-refractivity contribution is 7.10. The number of piperidine rings is 1. The summed E-state index contributed by atoms with van der Waals surface area (Å²) >= 11 is 1.54. The molecular weight excluding hydrogens is 344 g/mol. The van der Waals surface area contributed by atoms with Crippen molar-refractivity contribution in [1.29, 1.82) is 0 Å². The minimum absolute atomic E-state index is 0.106. The SMILES string of the molecule is Cc1ccc(C(=O)N/C(=C\c2cccs2)C(=O)N2CCC(C)CC2)cc1. The zero-order valence-electron chi connectivity index (χ0n) is 15.2. The molecule has 0 spiro atoms. The predicted molar refractivity (Wildman–Crippen MR) is 106 cm³/mol. The highest BCUT2D eigenvalue weighted by Crippen LogP contribution is 2.19. The van der Waals surface area contributed by atoms with Crippen LogP contribution in [0, 0.1) is 12.8 Å². The average Bonchev–Trinajstić information content (AvgIpc) is 3.15. The molecule has 2 aromatic rings. The summed E-state index contributed by atoms with van der Waals surface area (Å²) in [6, 6.07) is 11.2. The first-order chi connectivity index (χ1) is 12.5. The van der Waals surface area contributed by atoms with Crippen molar-refractivity contribution in [1.82, 2.24) is 10.2 Å². The lowest BCUT2D eigenvalue weighted by atomic mass is 9.99. The van der Waals surface area contributed by atoms with Gasteiger partial charge in [-0.2, -0.15) is 0 Å². The Morgan fingerprint density at radius 2 is 1.85 bits per heavy atom. The predicted octanol–water partition coefficient (Wildman–Crippen LogP) is 4.09. The van der Waals surface area contributed by atoms with E-state index in [1.54, 1.807) is 29.5 Å². The fraction of sp³-hybridized carbons (Fsp3) is 0.333. The van der Waals surface area contributed by atoms with Gasteiger partial charge >= 0.3 is 0 Å². The Morgan fingerprint density at radius 3 is 2.46 bits per heavy atom. The lowest BCUT2D eigenvalue weighted by Gasteiger charge is -2.31. The van der Waals surface area contributed by atoms with Crippen LogP contribution in [0.5, 0.6) is 0 Å². The summed E-state index contributed by atoms with van der Waals surface area (Å²) in [5.41, 5.74) is 1.98. The van der Waals surface area contributed by atoms with Crippen LogP contribution in [0.25, 0.3) is 6.08 Å². The van der Waals surface area contributed by atoms with E-state index < -0.39 is 0 Å². The summed E-state index contributed by atoms with van der Waals surface area (Å²) < 4.78 is 0. The smallest absolute Gasteiger partial charge is 0.270 e. The van der Waals surface area contributed by atoms with Gasteiger partial charge in [0.25, 0.3) is 11.8 Å². The van der Waals surface area contributed by atoms with Crippen molar-refractivity contribution in [2.24, 2.45) is 5.92 Å².